The third kappa shape index (κ3) is 3.64. The van der Waals surface area contributed by atoms with Crippen LogP contribution in [0.1, 0.15) is 0 Å². The van der Waals surface area contributed by atoms with Crippen molar-refractivity contribution in [2.24, 2.45) is 0 Å². The Hall–Kier alpha value is -6.72. The zero-order valence-corrected chi connectivity index (χ0v) is 26.2. The molecule has 0 N–H and O–H groups in total. The Balaban J connectivity index is 1.31. The molecule has 228 valence electrons. The Labute approximate surface area is 279 Å². The Bertz CT molecular complexity index is 3100. The average molecular weight is 627 g/mol. The topological polar surface area (TPSA) is 48.8 Å². The van der Waals surface area contributed by atoms with Gasteiger partial charge in [-0.15, -0.1) is 0 Å². The van der Waals surface area contributed by atoms with Crippen molar-refractivity contribution < 1.29 is 4.42 Å². The quantitative estimate of drug-likeness (QED) is 0.196. The third-order valence-corrected chi connectivity index (χ3v) is 9.92. The van der Waals surface area contributed by atoms with Gasteiger partial charge in [-0.1, -0.05) is 121 Å². The predicted octanol–water partition coefficient (Wildman–Crippen LogP) is 11.4. The molecular weight excluding hydrogens is 601 g/mol. The summed E-state index contributed by atoms with van der Waals surface area (Å²) < 4.78 is 11.3. The standard InChI is InChI=1S/C44H26N4O/c1-3-14-28(15-4-1)39-43-40(34-24-23-27-13-7-8-18-30(27)42(34)49-43)46-44(45-39)48-36-22-12-10-20-33(36)38-37(48)26-25-32-31-19-9-11-21-35(31)47(41(32)38)29-16-5-2-6-17-29/h1-26H. The Morgan fingerprint density at radius 3 is 1.90 bits per heavy atom. The Kier molecular flexibility index (Phi) is 5.32. The number of hydrogen-bond donors (Lipinski definition) is 0. The normalized spacial score (nSPS) is 12.1. The van der Waals surface area contributed by atoms with Crippen molar-refractivity contribution in [1.82, 2.24) is 19.1 Å². The van der Waals surface area contributed by atoms with Crippen LogP contribution in [0.2, 0.25) is 0 Å². The Morgan fingerprint density at radius 1 is 0.429 bits per heavy atom. The molecule has 5 nitrogen and oxygen atoms in total. The summed E-state index contributed by atoms with van der Waals surface area (Å²) in [5, 5.41) is 7.92. The molecular formula is C44H26N4O. The lowest BCUT2D eigenvalue weighted by Crippen LogP contribution is -2.03. The first-order chi connectivity index (χ1) is 24.3. The summed E-state index contributed by atoms with van der Waals surface area (Å²) in [6.45, 7) is 0. The number of para-hydroxylation sites is 3. The molecule has 4 aromatic heterocycles. The van der Waals surface area contributed by atoms with E-state index in [1.807, 2.05) is 18.2 Å². The number of rotatable bonds is 3. The molecule has 0 amide bonds. The van der Waals surface area contributed by atoms with Gasteiger partial charge in [-0.05, 0) is 41.8 Å². The van der Waals surface area contributed by atoms with Crippen LogP contribution in [-0.2, 0) is 0 Å². The van der Waals surface area contributed by atoms with Crippen molar-refractivity contribution in [3.05, 3.63) is 158 Å². The predicted molar refractivity (Wildman–Crippen MR) is 201 cm³/mol. The van der Waals surface area contributed by atoms with Crippen LogP contribution in [0, 0.1) is 0 Å². The second kappa shape index (κ2) is 9.89. The first kappa shape index (κ1) is 26.4. The van der Waals surface area contributed by atoms with Gasteiger partial charge in [0.2, 0.25) is 5.95 Å². The number of fused-ring (bicyclic) bond motifs is 12. The molecule has 4 heterocycles. The molecule has 0 aliphatic carbocycles. The summed E-state index contributed by atoms with van der Waals surface area (Å²) in [6, 6.07) is 55.3. The molecule has 0 unspecified atom stereocenters. The zero-order chi connectivity index (χ0) is 32.1. The van der Waals surface area contributed by atoms with Crippen molar-refractivity contribution in [2.75, 3.05) is 0 Å². The molecule has 49 heavy (non-hydrogen) atoms. The number of furan rings is 1. The number of aromatic nitrogens is 4. The van der Waals surface area contributed by atoms with Gasteiger partial charge in [0.15, 0.2) is 5.58 Å². The lowest BCUT2D eigenvalue weighted by Gasteiger charge is -2.10. The zero-order valence-electron chi connectivity index (χ0n) is 26.2. The van der Waals surface area contributed by atoms with Crippen LogP contribution in [0.3, 0.4) is 0 Å². The van der Waals surface area contributed by atoms with Crippen LogP contribution in [-0.4, -0.2) is 19.1 Å². The minimum absolute atomic E-state index is 0.607. The van der Waals surface area contributed by atoms with E-state index < -0.39 is 0 Å². The lowest BCUT2D eigenvalue weighted by atomic mass is 10.1. The van der Waals surface area contributed by atoms with Gasteiger partial charge in [-0.25, -0.2) is 9.97 Å². The van der Waals surface area contributed by atoms with Crippen LogP contribution in [0.5, 0.6) is 0 Å². The summed E-state index contributed by atoms with van der Waals surface area (Å²) >= 11 is 0. The van der Waals surface area contributed by atoms with Crippen molar-refractivity contribution in [2.45, 2.75) is 0 Å². The van der Waals surface area contributed by atoms with E-state index in [2.05, 4.69) is 149 Å². The average Bonchev–Trinajstić information content (AvgIpc) is 3.83. The van der Waals surface area contributed by atoms with Crippen molar-refractivity contribution in [1.29, 1.82) is 0 Å². The summed E-state index contributed by atoms with van der Waals surface area (Å²) in [5.74, 6) is 0.607. The molecule has 7 aromatic carbocycles. The summed E-state index contributed by atoms with van der Waals surface area (Å²) in [6.07, 6.45) is 0. The van der Waals surface area contributed by atoms with E-state index in [9.17, 15) is 0 Å². The highest BCUT2D eigenvalue weighted by molar-refractivity contribution is 6.26. The molecule has 5 heteroatoms. The summed E-state index contributed by atoms with van der Waals surface area (Å²) in [4.78, 5) is 10.7. The molecule has 0 saturated carbocycles. The van der Waals surface area contributed by atoms with Gasteiger partial charge in [-0.2, -0.15) is 0 Å². The maximum atomic E-state index is 6.72. The fourth-order valence-corrected chi connectivity index (χ4v) is 7.82. The molecule has 0 fully saturated rings. The number of benzene rings is 7. The number of hydrogen-bond acceptors (Lipinski definition) is 3. The van der Waals surface area contributed by atoms with Gasteiger partial charge >= 0.3 is 0 Å². The minimum atomic E-state index is 0.607. The molecule has 11 aromatic rings. The third-order valence-electron chi connectivity index (χ3n) is 9.92. The van der Waals surface area contributed by atoms with Gasteiger partial charge in [-0.3, -0.25) is 4.57 Å². The molecule has 0 spiro atoms. The van der Waals surface area contributed by atoms with Crippen LogP contribution < -0.4 is 0 Å². The van der Waals surface area contributed by atoms with E-state index >= 15 is 0 Å². The maximum Gasteiger partial charge on any atom is 0.236 e. The van der Waals surface area contributed by atoms with Crippen LogP contribution in [0.4, 0.5) is 0 Å². The van der Waals surface area contributed by atoms with E-state index in [-0.39, 0.29) is 0 Å². The lowest BCUT2D eigenvalue weighted by molar-refractivity contribution is 0.670. The van der Waals surface area contributed by atoms with E-state index in [4.69, 9.17) is 14.4 Å². The highest BCUT2D eigenvalue weighted by atomic mass is 16.3. The molecule has 0 saturated heterocycles. The van der Waals surface area contributed by atoms with Gasteiger partial charge < -0.3 is 8.98 Å². The SMILES string of the molecule is c1ccc(-c2nc(-n3c4ccccc4c4c3ccc3c5ccccc5n(-c5ccccc5)c34)nc3c2oc2c4ccccc4ccc32)cc1. The van der Waals surface area contributed by atoms with Crippen molar-refractivity contribution >= 4 is 76.5 Å². The fraction of sp³-hybridized carbons (Fsp3) is 0. The van der Waals surface area contributed by atoms with Gasteiger partial charge in [0.1, 0.15) is 16.8 Å². The summed E-state index contributed by atoms with van der Waals surface area (Å²) in [7, 11) is 0. The second-order valence-electron chi connectivity index (χ2n) is 12.6. The van der Waals surface area contributed by atoms with E-state index in [0.717, 1.165) is 60.6 Å². The van der Waals surface area contributed by atoms with Crippen molar-refractivity contribution in [3.63, 3.8) is 0 Å². The minimum Gasteiger partial charge on any atom is -0.451 e. The smallest absolute Gasteiger partial charge is 0.236 e. The largest absolute Gasteiger partial charge is 0.451 e. The summed E-state index contributed by atoms with van der Waals surface area (Å²) in [5.41, 5.74) is 9.63. The van der Waals surface area contributed by atoms with Crippen LogP contribution >= 0.6 is 0 Å². The van der Waals surface area contributed by atoms with Crippen molar-refractivity contribution in [3.8, 4) is 22.9 Å². The second-order valence-corrected chi connectivity index (χ2v) is 12.6. The number of nitrogens with zero attached hydrogens (tertiary/aromatic N) is 4. The molecule has 0 bridgehead atoms. The molecule has 0 radical (unpaired) electrons. The van der Waals surface area contributed by atoms with Crippen LogP contribution in [0.25, 0.3) is 99.3 Å². The Morgan fingerprint density at radius 2 is 1.08 bits per heavy atom. The molecule has 0 aliphatic heterocycles. The van der Waals surface area contributed by atoms with E-state index in [1.165, 1.54) is 27.2 Å². The molecule has 11 rings (SSSR count). The highest BCUT2D eigenvalue weighted by Crippen LogP contribution is 2.43. The van der Waals surface area contributed by atoms with Gasteiger partial charge in [0.25, 0.3) is 0 Å². The van der Waals surface area contributed by atoms with Crippen LogP contribution in [0.15, 0.2) is 162 Å². The monoisotopic (exact) mass is 626 g/mol. The molecule has 0 aliphatic rings. The first-order valence-electron chi connectivity index (χ1n) is 16.5. The van der Waals surface area contributed by atoms with E-state index in [0.29, 0.717) is 11.5 Å². The fourth-order valence-electron chi connectivity index (χ4n) is 7.82. The molecule has 0 atom stereocenters. The highest BCUT2D eigenvalue weighted by Gasteiger charge is 2.24. The van der Waals surface area contributed by atoms with Gasteiger partial charge in [0, 0.05) is 43.6 Å². The maximum absolute atomic E-state index is 6.72. The first-order valence-corrected chi connectivity index (χ1v) is 16.5. The van der Waals surface area contributed by atoms with E-state index in [1.54, 1.807) is 0 Å². The van der Waals surface area contributed by atoms with Gasteiger partial charge in [0.05, 0.1) is 22.1 Å².